The van der Waals surface area contributed by atoms with E-state index in [1.807, 2.05) is 54.6 Å². The predicted octanol–water partition coefficient (Wildman–Crippen LogP) is 3.06. The van der Waals surface area contributed by atoms with E-state index < -0.39 is 16.1 Å². The van der Waals surface area contributed by atoms with Gasteiger partial charge in [-0.3, -0.25) is 10.2 Å². The predicted molar refractivity (Wildman–Crippen MR) is 125 cm³/mol. The molecule has 1 N–H and O–H groups in total. The molecule has 31 heavy (non-hydrogen) atoms. The highest BCUT2D eigenvalue weighted by Gasteiger charge is 2.43. The minimum Gasteiger partial charge on any atom is -0.287 e. The van der Waals surface area contributed by atoms with E-state index in [1.54, 1.807) is 30.3 Å². The maximum absolute atomic E-state index is 13.4. The van der Waals surface area contributed by atoms with E-state index in [-0.39, 0.29) is 22.6 Å². The van der Waals surface area contributed by atoms with Gasteiger partial charge in [0.1, 0.15) is 6.04 Å². The molecule has 0 spiro atoms. The molecule has 6 nitrogen and oxygen atoms in total. The van der Waals surface area contributed by atoms with Crippen molar-refractivity contribution in [3.63, 3.8) is 0 Å². The second-order valence-electron chi connectivity index (χ2n) is 7.81. The van der Waals surface area contributed by atoms with Crippen LogP contribution in [0.25, 0.3) is 10.8 Å². The third kappa shape index (κ3) is 4.77. The Morgan fingerprint density at radius 3 is 2.48 bits per heavy atom. The lowest BCUT2D eigenvalue weighted by Gasteiger charge is -2.26. The van der Waals surface area contributed by atoms with E-state index in [9.17, 15) is 13.2 Å². The molecule has 0 aromatic heterocycles. The Kier molecular flexibility index (Phi) is 6.34. The van der Waals surface area contributed by atoms with Crippen molar-refractivity contribution in [2.75, 3.05) is 13.6 Å². The molecule has 1 amide bonds. The Hall–Kier alpha value is -2.39. The molecule has 0 bridgehead atoms. The van der Waals surface area contributed by atoms with Gasteiger partial charge in [0.25, 0.3) is 5.91 Å². The highest BCUT2D eigenvalue weighted by molar-refractivity contribution is 7.89. The van der Waals surface area contributed by atoms with E-state index in [4.69, 9.17) is 0 Å². The number of hydrogen-bond donors (Lipinski definition) is 2. The quantitative estimate of drug-likeness (QED) is 0.443. The molecule has 162 valence electrons. The average molecular weight is 456 g/mol. The molecular weight excluding hydrogens is 430 g/mol. The van der Waals surface area contributed by atoms with Gasteiger partial charge < -0.3 is 0 Å². The van der Waals surface area contributed by atoms with Crippen LogP contribution in [0.2, 0.25) is 0 Å². The summed E-state index contributed by atoms with van der Waals surface area (Å²) in [4.78, 5) is 13.2. The SMILES string of the molecule is CN(Cc1ccccc1)NC(=O)[C@@H]1C[C@@H](S)CN1S(=O)(=O)c1ccc2ccccc2c1. The fraction of sp³-hybridized carbons (Fsp3) is 0.261. The Morgan fingerprint density at radius 2 is 1.74 bits per heavy atom. The van der Waals surface area contributed by atoms with Crippen molar-refractivity contribution in [3.05, 3.63) is 78.4 Å². The van der Waals surface area contributed by atoms with Crippen LogP contribution >= 0.6 is 12.6 Å². The van der Waals surface area contributed by atoms with E-state index >= 15 is 0 Å². The van der Waals surface area contributed by atoms with Gasteiger partial charge in [-0.25, -0.2) is 13.4 Å². The van der Waals surface area contributed by atoms with Crippen LogP contribution in [-0.4, -0.2) is 48.5 Å². The molecule has 1 fully saturated rings. The summed E-state index contributed by atoms with van der Waals surface area (Å²) in [5.74, 6) is -0.348. The molecule has 2 atom stereocenters. The molecule has 1 aliphatic heterocycles. The van der Waals surface area contributed by atoms with E-state index in [0.717, 1.165) is 16.3 Å². The maximum atomic E-state index is 13.4. The molecule has 8 heteroatoms. The van der Waals surface area contributed by atoms with Crippen molar-refractivity contribution in [1.82, 2.24) is 14.7 Å². The number of thiol groups is 1. The van der Waals surface area contributed by atoms with Crippen molar-refractivity contribution < 1.29 is 13.2 Å². The van der Waals surface area contributed by atoms with Crippen molar-refractivity contribution >= 4 is 39.3 Å². The Balaban J connectivity index is 1.54. The first-order chi connectivity index (χ1) is 14.8. The number of amides is 1. The number of rotatable bonds is 6. The van der Waals surface area contributed by atoms with Crippen molar-refractivity contribution in [3.8, 4) is 0 Å². The smallest absolute Gasteiger partial charge is 0.252 e. The number of nitrogens with one attached hydrogen (secondary N) is 1. The monoisotopic (exact) mass is 455 g/mol. The normalized spacial score (nSPS) is 19.7. The van der Waals surface area contributed by atoms with Crippen LogP contribution in [0, 0.1) is 0 Å². The Labute approximate surface area is 188 Å². The largest absolute Gasteiger partial charge is 0.287 e. The highest BCUT2D eigenvalue weighted by Crippen LogP contribution is 2.30. The van der Waals surface area contributed by atoms with Crippen molar-refractivity contribution in [2.45, 2.75) is 29.2 Å². The van der Waals surface area contributed by atoms with Crippen LogP contribution < -0.4 is 5.43 Å². The molecule has 0 radical (unpaired) electrons. The molecule has 1 heterocycles. The lowest BCUT2D eigenvalue weighted by Crippen LogP contribution is -2.50. The van der Waals surface area contributed by atoms with Crippen LogP contribution in [-0.2, 0) is 21.4 Å². The third-order valence-corrected chi connectivity index (χ3v) is 7.67. The molecule has 3 aromatic rings. The zero-order valence-electron chi connectivity index (χ0n) is 17.2. The molecule has 1 aliphatic rings. The Bertz CT molecular complexity index is 1180. The van der Waals surface area contributed by atoms with Gasteiger partial charge >= 0.3 is 0 Å². The molecule has 1 saturated heterocycles. The third-order valence-electron chi connectivity index (χ3n) is 5.43. The fourth-order valence-corrected chi connectivity index (χ4v) is 6.08. The zero-order chi connectivity index (χ0) is 22.0. The summed E-state index contributed by atoms with van der Waals surface area (Å²) in [6.07, 6.45) is 0.362. The number of benzene rings is 3. The summed E-state index contributed by atoms with van der Waals surface area (Å²) >= 11 is 4.48. The number of hydrazine groups is 1. The lowest BCUT2D eigenvalue weighted by molar-refractivity contribution is -0.128. The summed E-state index contributed by atoms with van der Waals surface area (Å²) in [5.41, 5.74) is 3.87. The lowest BCUT2D eigenvalue weighted by atomic mass is 10.1. The highest BCUT2D eigenvalue weighted by atomic mass is 32.2. The molecule has 4 rings (SSSR count). The summed E-state index contributed by atoms with van der Waals surface area (Å²) < 4.78 is 28.1. The van der Waals surface area contributed by atoms with Crippen LogP contribution in [0.15, 0.2) is 77.7 Å². The second kappa shape index (κ2) is 9.00. The minimum absolute atomic E-state index is 0.184. The van der Waals surface area contributed by atoms with Gasteiger partial charge in [0, 0.05) is 25.4 Å². The van der Waals surface area contributed by atoms with Gasteiger partial charge in [-0.05, 0) is 34.9 Å². The van der Waals surface area contributed by atoms with Crippen LogP contribution in [0.1, 0.15) is 12.0 Å². The minimum atomic E-state index is -3.85. The van der Waals surface area contributed by atoms with Crippen molar-refractivity contribution in [2.24, 2.45) is 0 Å². The van der Waals surface area contributed by atoms with Crippen LogP contribution in [0.5, 0.6) is 0 Å². The average Bonchev–Trinajstić information content (AvgIpc) is 3.17. The first-order valence-corrected chi connectivity index (χ1v) is 12.0. The molecule has 0 aliphatic carbocycles. The van der Waals surface area contributed by atoms with E-state index in [2.05, 4.69) is 18.1 Å². The first kappa shape index (κ1) is 21.8. The number of fused-ring (bicyclic) bond motifs is 1. The second-order valence-corrected chi connectivity index (χ2v) is 10.4. The number of carbonyl (C=O) groups is 1. The van der Waals surface area contributed by atoms with Gasteiger partial charge in [-0.1, -0.05) is 60.7 Å². The van der Waals surface area contributed by atoms with Gasteiger partial charge in [-0.2, -0.15) is 16.9 Å². The van der Waals surface area contributed by atoms with Gasteiger partial charge in [0.05, 0.1) is 4.90 Å². The van der Waals surface area contributed by atoms with Crippen LogP contribution in [0.3, 0.4) is 0 Å². The molecule has 3 aromatic carbocycles. The summed E-state index contributed by atoms with van der Waals surface area (Å²) in [5, 5.41) is 3.27. The summed E-state index contributed by atoms with van der Waals surface area (Å²) in [6.45, 7) is 0.708. The number of carbonyl (C=O) groups excluding carboxylic acids is 1. The fourth-order valence-electron chi connectivity index (χ4n) is 3.91. The van der Waals surface area contributed by atoms with E-state index in [1.165, 1.54) is 4.31 Å². The van der Waals surface area contributed by atoms with E-state index in [0.29, 0.717) is 13.0 Å². The number of nitrogens with zero attached hydrogens (tertiary/aromatic N) is 2. The van der Waals surface area contributed by atoms with Crippen molar-refractivity contribution in [1.29, 1.82) is 0 Å². The summed E-state index contributed by atoms with van der Waals surface area (Å²) in [6, 6.07) is 21.6. The standard InChI is InChI=1S/C23H25N3O3S2/c1-25(15-17-7-3-2-4-8-17)24-23(27)22-14-20(30)16-26(22)31(28,29)21-12-11-18-9-5-6-10-19(18)13-21/h2-13,20,22,30H,14-16H2,1H3,(H,24,27)/t20-,22+/m1/s1. The number of sulfonamides is 1. The van der Waals surface area contributed by atoms with Gasteiger partial charge in [0.15, 0.2) is 0 Å². The zero-order valence-corrected chi connectivity index (χ0v) is 18.9. The van der Waals surface area contributed by atoms with Gasteiger partial charge in [-0.15, -0.1) is 0 Å². The molecule has 0 unspecified atom stereocenters. The summed E-state index contributed by atoms with van der Waals surface area (Å²) in [7, 11) is -2.08. The Morgan fingerprint density at radius 1 is 1.06 bits per heavy atom. The van der Waals surface area contributed by atoms with Crippen LogP contribution in [0.4, 0.5) is 0 Å². The molecule has 0 saturated carbocycles. The first-order valence-electron chi connectivity index (χ1n) is 10.1. The number of hydrogen-bond acceptors (Lipinski definition) is 5. The van der Waals surface area contributed by atoms with Gasteiger partial charge in [0.2, 0.25) is 10.0 Å². The topological polar surface area (TPSA) is 69.7 Å². The molecular formula is C23H25N3O3S2. The maximum Gasteiger partial charge on any atom is 0.252 e.